The van der Waals surface area contributed by atoms with Crippen LogP contribution in [0.4, 0.5) is 18.9 Å². The molecule has 0 aliphatic heterocycles. The van der Waals surface area contributed by atoms with Crippen molar-refractivity contribution in [1.82, 2.24) is 0 Å². The summed E-state index contributed by atoms with van der Waals surface area (Å²) in [6.45, 7) is 1.03. The van der Waals surface area contributed by atoms with Crippen LogP contribution < -0.4 is 10.5 Å². The molecule has 0 fully saturated rings. The van der Waals surface area contributed by atoms with Crippen LogP contribution in [0, 0.1) is 0 Å². The molecule has 0 amide bonds. The first kappa shape index (κ1) is 16.1. The van der Waals surface area contributed by atoms with Crippen LogP contribution in [0.25, 0.3) is 0 Å². The van der Waals surface area contributed by atoms with Gasteiger partial charge in [0.2, 0.25) is 0 Å². The highest BCUT2D eigenvalue weighted by Gasteiger charge is 2.62. The summed E-state index contributed by atoms with van der Waals surface area (Å²) in [6.07, 6.45) is -5.25. The second-order valence-corrected chi connectivity index (χ2v) is 3.89. The summed E-state index contributed by atoms with van der Waals surface area (Å²) < 4.78 is 48.3. The van der Waals surface area contributed by atoms with Crippen LogP contribution in [0.5, 0.6) is 5.75 Å². The lowest BCUT2D eigenvalue weighted by Crippen LogP contribution is -2.50. The van der Waals surface area contributed by atoms with Gasteiger partial charge in [-0.25, -0.2) is 4.79 Å². The predicted molar refractivity (Wildman–Crippen MR) is 64.0 cm³/mol. The minimum atomic E-state index is -5.25. The van der Waals surface area contributed by atoms with Gasteiger partial charge in [0.25, 0.3) is 5.60 Å². The van der Waals surface area contributed by atoms with E-state index in [0.717, 1.165) is 18.2 Å². The number of ether oxygens (including phenoxy) is 2. The second kappa shape index (κ2) is 5.58. The third kappa shape index (κ3) is 2.64. The van der Waals surface area contributed by atoms with E-state index in [0.29, 0.717) is 0 Å². The summed E-state index contributed by atoms with van der Waals surface area (Å²) in [5, 5.41) is 9.83. The number of aliphatic hydroxyl groups is 1. The Labute approximate surface area is 113 Å². The zero-order chi connectivity index (χ0) is 15.6. The van der Waals surface area contributed by atoms with E-state index in [1.165, 1.54) is 14.0 Å². The standard InChI is InChI=1S/C12H14F3NO4/c1-3-20-10(17)11(18,12(13,14)15)7-4-5-8(16)9(6-7)19-2/h4-6,18H,3,16H2,1-2H3/t11-/m0/s1. The summed E-state index contributed by atoms with van der Waals surface area (Å²) in [4.78, 5) is 11.5. The third-order valence-corrected chi connectivity index (χ3v) is 2.63. The zero-order valence-electron chi connectivity index (χ0n) is 10.8. The number of alkyl halides is 3. The summed E-state index contributed by atoms with van der Waals surface area (Å²) in [7, 11) is 1.20. The Balaban J connectivity index is 3.42. The van der Waals surface area contributed by atoms with E-state index in [4.69, 9.17) is 10.5 Å². The molecule has 1 rings (SSSR count). The minimum Gasteiger partial charge on any atom is -0.495 e. The number of rotatable bonds is 4. The monoisotopic (exact) mass is 293 g/mol. The van der Waals surface area contributed by atoms with Crippen LogP contribution in [0.3, 0.4) is 0 Å². The fraction of sp³-hybridized carbons (Fsp3) is 0.417. The molecule has 0 saturated heterocycles. The second-order valence-electron chi connectivity index (χ2n) is 3.89. The Morgan fingerprint density at radius 1 is 1.40 bits per heavy atom. The van der Waals surface area contributed by atoms with Crippen molar-refractivity contribution in [2.24, 2.45) is 0 Å². The Hall–Kier alpha value is -1.96. The molecule has 0 aromatic heterocycles. The topological polar surface area (TPSA) is 81.8 Å². The van der Waals surface area contributed by atoms with Crippen molar-refractivity contribution in [3.05, 3.63) is 23.8 Å². The summed E-state index contributed by atoms with van der Waals surface area (Å²) in [5.41, 5.74) is 1.06. The van der Waals surface area contributed by atoms with Crippen molar-refractivity contribution < 1.29 is 32.5 Å². The molecule has 3 N–H and O–H groups in total. The number of nitrogen functional groups attached to an aromatic ring is 1. The molecule has 0 saturated carbocycles. The van der Waals surface area contributed by atoms with E-state index in [1.54, 1.807) is 0 Å². The molecule has 0 radical (unpaired) electrons. The largest absolute Gasteiger partial charge is 0.495 e. The molecule has 8 heteroatoms. The fourth-order valence-corrected chi connectivity index (χ4v) is 1.57. The van der Waals surface area contributed by atoms with Gasteiger partial charge in [-0.15, -0.1) is 0 Å². The van der Waals surface area contributed by atoms with Crippen LogP contribution in [-0.2, 0) is 15.1 Å². The maximum absolute atomic E-state index is 13.1. The first-order valence-corrected chi connectivity index (χ1v) is 5.58. The smallest absolute Gasteiger partial charge is 0.432 e. The lowest BCUT2D eigenvalue weighted by molar-refractivity contribution is -0.267. The lowest BCUT2D eigenvalue weighted by Gasteiger charge is -2.28. The molecule has 0 heterocycles. The quantitative estimate of drug-likeness (QED) is 0.651. The number of benzene rings is 1. The number of hydrogen-bond acceptors (Lipinski definition) is 5. The first-order chi connectivity index (χ1) is 9.18. The molecular weight excluding hydrogens is 279 g/mol. The summed E-state index contributed by atoms with van der Waals surface area (Å²) in [5.74, 6) is -1.89. The van der Waals surface area contributed by atoms with Crippen molar-refractivity contribution in [3.8, 4) is 5.75 Å². The molecule has 0 aliphatic carbocycles. The van der Waals surface area contributed by atoms with E-state index in [2.05, 4.69) is 4.74 Å². The van der Waals surface area contributed by atoms with Crippen molar-refractivity contribution in [2.45, 2.75) is 18.7 Å². The number of nitrogens with two attached hydrogens (primary N) is 1. The van der Waals surface area contributed by atoms with Gasteiger partial charge in [-0.1, -0.05) is 6.07 Å². The molecule has 0 spiro atoms. The van der Waals surface area contributed by atoms with Gasteiger partial charge in [-0.2, -0.15) is 13.2 Å². The van der Waals surface area contributed by atoms with E-state index < -0.39 is 23.3 Å². The highest BCUT2D eigenvalue weighted by atomic mass is 19.4. The van der Waals surface area contributed by atoms with E-state index in [9.17, 15) is 23.1 Å². The lowest BCUT2D eigenvalue weighted by atomic mass is 9.92. The van der Waals surface area contributed by atoms with Crippen LogP contribution in [0.1, 0.15) is 12.5 Å². The fourth-order valence-electron chi connectivity index (χ4n) is 1.57. The Morgan fingerprint density at radius 2 is 2.00 bits per heavy atom. The highest BCUT2D eigenvalue weighted by Crippen LogP contribution is 2.41. The molecule has 0 aliphatic rings. The maximum Gasteiger partial charge on any atom is 0.432 e. The SMILES string of the molecule is CCOC(=O)[C@@](O)(c1ccc(N)c(OC)c1)C(F)(F)F. The van der Waals surface area contributed by atoms with Crippen LogP contribution >= 0.6 is 0 Å². The average molecular weight is 293 g/mol. The van der Waals surface area contributed by atoms with Gasteiger partial charge in [0, 0.05) is 5.56 Å². The van der Waals surface area contributed by atoms with Gasteiger partial charge in [0.1, 0.15) is 5.75 Å². The van der Waals surface area contributed by atoms with E-state index >= 15 is 0 Å². The van der Waals surface area contributed by atoms with Crippen molar-refractivity contribution >= 4 is 11.7 Å². The van der Waals surface area contributed by atoms with Gasteiger partial charge in [0.15, 0.2) is 0 Å². The van der Waals surface area contributed by atoms with Crippen LogP contribution in [0.15, 0.2) is 18.2 Å². The normalized spacial score (nSPS) is 14.5. The third-order valence-electron chi connectivity index (χ3n) is 2.63. The number of esters is 1. The van der Waals surface area contributed by atoms with Crippen molar-refractivity contribution in [1.29, 1.82) is 0 Å². The Kier molecular flexibility index (Phi) is 4.49. The Morgan fingerprint density at radius 3 is 2.45 bits per heavy atom. The van der Waals surface area contributed by atoms with Gasteiger partial charge in [-0.05, 0) is 19.1 Å². The maximum atomic E-state index is 13.1. The number of carbonyl (C=O) groups excluding carboxylic acids is 1. The van der Waals surface area contributed by atoms with Crippen molar-refractivity contribution in [2.75, 3.05) is 19.5 Å². The van der Waals surface area contributed by atoms with Gasteiger partial charge >= 0.3 is 12.1 Å². The molecule has 20 heavy (non-hydrogen) atoms. The van der Waals surface area contributed by atoms with Gasteiger partial charge < -0.3 is 20.3 Å². The molecular formula is C12H14F3NO4. The van der Waals surface area contributed by atoms with Gasteiger partial charge in [-0.3, -0.25) is 0 Å². The number of anilines is 1. The Bertz CT molecular complexity index is 504. The molecule has 0 unspecified atom stereocenters. The molecule has 0 bridgehead atoms. The number of carbonyl (C=O) groups is 1. The number of hydrogen-bond donors (Lipinski definition) is 2. The van der Waals surface area contributed by atoms with Gasteiger partial charge in [0.05, 0.1) is 19.4 Å². The van der Waals surface area contributed by atoms with E-state index in [1.807, 2.05) is 0 Å². The molecule has 5 nitrogen and oxygen atoms in total. The molecule has 1 aromatic carbocycles. The van der Waals surface area contributed by atoms with E-state index in [-0.39, 0.29) is 18.0 Å². The van der Waals surface area contributed by atoms with Crippen LogP contribution in [0.2, 0.25) is 0 Å². The average Bonchev–Trinajstić information content (AvgIpc) is 2.37. The summed E-state index contributed by atoms with van der Waals surface area (Å²) >= 11 is 0. The predicted octanol–water partition coefficient (Wildman–Crippen LogP) is 1.59. The first-order valence-electron chi connectivity index (χ1n) is 5.58. The summed E-state index contributed by atoms with van der Waals surface area (Å²) in [6, 6.07) is 2.84. The highest BCUT2D eigenvalue weighted by molar-refractivity contribution is 5.82. The van der Waals surface area contributed by atoms with Crippen LogP contribution in [-0.4, -0.2) is 31.0 Å². The zero-order valence-corrected chi connectivity index (χ0v) is 10.8. The van der Waals surface area contributed by atoms with Crippen molar-refractivity contribution in [3.63, 3.8) is 0 Å². The number of methoxy groups -OCH3 is 1. The molecule has 1 aromatic rings. The molecule has 1 atom stereocenters. The minimum absolute atomic E-state index is 0.0737. The molecule has 112 valence electrons. The number of halogens is 3.